The highest BCUT2D eigenvalue weighted by molar-refractivity contribution is 5.71. The number of hydrogen-bond acceptors (Lipinski definition) is 3. The number of alkyl halides is 2. The molecule has 0 spiro atoms. The number of ether oxygens (including phenoxy) is 1. The highest BCUT2D eigenvalue weighted by atomic mass is 19.3. The minimum atomic E-state index is -3.17. The summed E-state index contributed by atoms with van der Waals surface area (Å²) in [7, 11) is 1.04. The van der Waals surface area contributed by atoms with Gasteiger partial charge in [-0.15, -0.1) is 0 Å². The number of aromatic nitrogens is 1. The summed E-state index contributed by atoms with van der Waals surface area (Å²) in [6.45, 7) is 0. The first-order chi connectivity index (χ1) is 7.45. The van der Waals surface area contributed by atoms with Gasteiger partial charge in [0.05, 0.1) is 24.8 Å². The number of pyridine rings is 1. The predicted molar refractivity (Wildman–Crippen MR) is 44.8 cm³/mol. The van der Waals surface area contributed by atoms with Gasteiger partial charge in [-0.2, -0.15) is 4.39 Å². The van der Waals surface area contributed by atoms with Gasteiger partial charge in [-0.3, -0.25) is 4.79 Å². The lowest BCUT2D eigenvalue weighted by molar-refractivity contribution is -0.139. The van der Waals surface area contributed by atoms with Crippen molar-refractivity contribution in [2.24, 2.45) is 0 Å². The van der Waals surface area contributed by atoms with Crippen molar-refractivity contribution in [1.82, 2.24) is 4.98 Å². The molecule has 0 saturated carbocycles. The van der Waals surface area contributed by atoms with Crippen LogP contribution in [-0.2, 0) is 16.0 Å². The van der Waals surface area contributed by atoms with Crippen molar-refractivity contribution in [1.29, 1.82) is 0 Å². The molecule has 0 N–H and O–H groups in total. The Balaban J connectivity index is 3.14. The molecule has 3 nitrogen and oxygen atoms in total. The van der Waals surface area contributed by atoms with Crippen molar-refractivity contribution in [3.8, 4) is 0 Å². The van der Waals surface area contributed by atoms with Crippen LogP contribution < -0.4 is 0 Å². The van der Waals surface area contributed by atoms with E-state index >= 15 is 0 Å². The van der Waals surface area contributed by atoms with Gasteiger partial charge in [-0.1, -0.05) is 0 Å². The molecular formula is C9H7F4NO2. The SMILES string of the molecule is COC(=O)Cc1nc(F)cc(C(F)F)c1F. The molecule has 0 amide bonds. The van der Waals surface area contributed by atoms with Crippen LogP contribution >= 0.6 is 0 Å². The van der Waals surface area contributed by atoms with Crippen molar-refractivity contribution >= 4 is 5.97 Å². The molecule has 0 bridgehead atoms. The van der Waals surface area contributed by atoms with Crippen LogP contribution in [0.25, 0.3) is 0 Å². The van der Waals surface area contributed by atoms with Gasteiger partial charge in [-0.05, 0) is 0 Å². The maximum Gasteiger partial charge on any atom is 0.311 e. The van der Waals surface area contributed by atoms with Crippen molar-refractivity contribution < 1.29 is 27.1 Å². The van der Waals surface area contributed by atoms with Gasteiger partial charge in [-0.25, -0.2) is 18.2 Å². The quantitative estimate of drug-likeness (QED) is 0.458. The zero-order valence-electron chi connectivity index (χ0n) is 8.14. The molecule has 0 atom stereocenters. The lowest BCUT2D eigenvalue weighted by Crippen LogP contribution is -2.11. The summed E-state index contributed by atoms with van der Waals surface area (Å²) < 4.78 is 54.7. The minimum absolute atomic E-state index is 0.292. The summed E-state index contributed by atoms with van der Waals surface area (Å²) in [5.74, 6) is -3.55. The van der Waals surface area contributed by atoms with Crippen molar-refractivity contribution in [2.45, 2.75) is 12.8 Å². The fraction of sp³-hybridized carbons (Fsp3) is 0.333. The average molecular weight is 237 g/mol. The molecule has 0 radical (unpaired) electrons. The summed E-state index contributed by atoms with van der Waals surface area (Å²) in [4.78, 5) is 13.8. The topological polar surface area (TPSA) is 39.2 Å². The number of rotatable bonds is 3. The fourth-order valence-corrected chi connectivity index (χ4v) is 1.05. The second kappa shape index (κ2) is 4.91. The molecule has 1 aromatic rings. The van der Waals surface area contributed by atoms with E-state index in [1.165, 1.54) is 0 Å². The lowest BCUT2D eigenvalue weighted by atomic mass is 10.2. The zero-order chi connectivity index (χ0) is 12.3. The van der Waals surface area contributed by atoms with Gasteiger partial charge < -0.3 is 4.74 Å². The molecule has 1 aromatic heterocycles. The Bertz CT molecular complexity index is 409. The van der Waals surface area contributed by atoms with Gasteiger partial charge in [0.2, 0.25) is 5.95 Å². The number of esters is 1. The first-order valence-electron chi connectivity index (χ1n) is 4.15. The van der Waals surface area contributed by atoms with Crippen LogP contribution in [0, 0.1) is 11.8 Å². The summed E-state index contributed by atoms with van der Waals surface area (Å²) >= 11 is 0. The number of halogens is 4. The Labute approximate surface area is 88.0 Å². The molecule has 0 fully saturated rings. The van der Waals surface area contributed by atoms with E-state index in [0.29, 0.717) is 6.07 Å². The molecular weight excluding hydrogens is 230 g/mol. The molecule has 1 heterocycles. The molecule has 16 heavy (non-hydrogen) atoms. The van der Waals surface area contributed by atoms with E-state index in [4.69, 9.17) is 0 Å². The normalized spacial score (nSPS) is 10.6. The van der Waals surface area contributed by atoms with Crippen LogP contribution in [0.15, 0.2) is 6.07 Å². The Morgan fingerprint density at radius 3 is 2.62 bits per heavy atom. The van der Waals surface area contributed by atoms with E-state index in [9.17, 15) is 22.4 Å². The Morgan fingerprint density at radius 1 is 1.50 bits per heavy atom. The van der Waals surface area contributed by atoms with Crippen LogP contribution in [0.1, 0.15) is 17.7 Å². The molecule has 0 aliphatic carbocycles. The lowest BCUT2D eigenvalue weighted by Gasteiger charge is -2.06. The van der Waals surface area contributed by atoms with E-state index in [1.54, 1.807) is 0 Å². The van der Waals surface area contributed by atoms with E-state index in [1.807, 2.05) is 0 Å². The molecule has 88 valence electrons. The zero-order valence-corrected chi connectivity index (χ0v) is 8.14. The van der Waals surface area contributed by atoms with Crippen LogP contribution in [0.5, 0.6) is 0 Å². The highest BCUT2D eigenvalue weighted by Gasteiger charge is 2.21. The van der Waals surface area contributed by atoms with Gasteiger partial charge in [0.1, 0.15) is 0 Å². The first kappa shape index (κ1) is 12.4. The fourth-order valence-electron chi connectivity index (χ4n) is 1.05. The number of nitrogens with zero attached hydrogens (tertiary/aromatic N) is 1. The minimum Gasteiger partial charge on any atom is -0.469 e. The van der Waals surface area contributed by atoms with Gasteiger partial charge in [0, 0.05) is 6.07 Å². The predicted octanol–water partition coefficient (Wildman–Crippen LogP) is 2.01. The van der Waals surface area contributed by atoms with Crippen molar-refractivity contribution in [3.05, 3.63) is 29.1 Å². The summed E-state index contributed by atoms with van der Waals surface area (Å²) in [5.41, 5.74) is -1.81. The van der Waals surface area contributed by atoms with Crippen molar-refractivity contribution in [2.75, 3.05) is 7.11 Å². The third kappa shape index (κ3) is 2.68. The summed E-state index contributed by atoms with van der Waals surface area (Å²) in [6.07, 6.45) is -3.87. The third-order valence-corrected chi connectivity index (χ3v) is 1.80. The molecule has 0 unspecified atom stereocenters. The number of hydrogen-bond donors (Lipinski definition) is 0. The average Bonchev–Trinajstić information content (AvgIpc) is 2.22. The molecule has 7 heteroatoms. The van der Waals surface area contributed by atoms with Crippen LogP contribution in [0.3, 0.4) is 0 Å². The molecule has 0 aromatic carbocycles. The summed E-state index contributed by atoms with van der Waals surface area (Å²) in [5, 5.41) is 0. The Hall–Kier alpha value is -1.66. The molecule has 0 aliphatic heterocycles. The smallest absolute Gasteiger partial charge is 0.311 e. The second-order valence-electron chi connectivity index (χ2n) is 2.85. The second-order valence-corrected chi connectivity index (χ2v) is 2.85. The third-order valence-electron chi connectivity index (χ3n) is 1.80. The number of carbonyl (C=O) groups excluding carboxylic acids is 1. The highest BCUT2D eigenvalue weighted by Crippen LogP contribution is 2.24. The monoisotopic (exact) mass is 237 g/mol. The summed E-state index contributed by atoms with van der Waals surface area (Å²) in [6, 6.07) is 0.292. The number of methoxy groups -OCH3 is 1. The molecule has 1 rings (SSSR count). The Kier molecular flexibility index (Phi) is 3.81. The van der Waals surface area contributed by atoms with E-state index in [0.717, 1.165) is 7.11 Å². The van der Waals surface area contributed by atoms with E-state index < -0.39 is 41.8 Å². The van der Waals surface area contributed by atoms with Gasteiger partial charge >= 0.3 is 5.97 Å². The standard InChI is InChI=1S/C9H7F4NO2/c1-16-7(15)3-5-8(11)4(9(12)13)2-6(10)14-5/h2,9H,3H2,1H3. The van der Waals surface area contributed by atoms with E-state index in [2.05, 4.69) is 9.72 Å². The van der Waals surface area contributed by atoms with Crippen molar-refractivity contribution in [3.63, 3.8) is 0 Å². The Morgan fingerprint density at radius 2 is 2.12 bits per heavy atom. The van der Waals surface area contributed by atoms with Crippen LogP contribution in [0.4, 0.5) is 17.6 Å². The van der Waals surface area contributed by atoms with Gasteiger partial charge in [0.15, 0.2) is 5.82 Å². The number of carbonyl (C=O) groups is 1. The van der Waals surface area contributed by atoms with Crippen LogP contribution in [0.2, 0.25) is 0 Å². The molecule has 0 aliphatic rings. The van der Waals surface area contributed by atoms with Gasteiger partial charge in [0.25, 0.3) is 6.43 Å². The maximum absolute atomic E-state index is 13.3. The first-order valence-corrected chi connectivity index (χ1v) is 4.15. The largest absolute Gasteiger partial charge is 0.469 e. The molecule has 0 saturated heterocycles. The maximum atomic E-state index is 13.3. The van der Waals surface area contributed by atoms with Crippen LogP contribution in [-0.4, -0.2) is 18.1 Å². The van der Waals surface area contributed by atoms with E-state index in [-0.39, 0.29) is 0 Å².